The number of methoxy groups -OCH3 is 1. The molecule has 2 aromatic carbocycles. The lowest BCUT2D eigenvalue weighted by Crippen LogP contribution is -2.22. The van der Waals surface area contributed by atoms with Gasteiger partial charge in [-0.2, -0.15) is 0 Å². The van der Waals surface area contributed by atoms with Gasteiger partial charge in [-0.05, 0) is 47.7 Å². The van der Waals surface area contributed by atoms with Crippen LogP contribution in [0.3, 0.4) is 0 Å². The van der Waals surface area contributed by atoms with E-state index in [1.54, 1.807) is 7.11 Å². The molecule has 0 heterocycles. The number of anilines is 1. The molecule has 2 rings (SSSR count). The van der Waals surface area contributed by atoms with E-state index in [0.29, 0.717) is 18.4 Å². The van der Waals surface area contributed by atoms with Crippen LogP contribution in [0.15, 0.2) is 53.5 Å². The van der Waals surface area contributed by atoms with Gasteiger partial charge in [-0.15, -0.1) is 24.0 Å². The van der Waals surface area contributed by atoms with E-state index in [9.17, 15) is 0 Å². The van der Waals surface area contributed by atoms with Crippen molar-refractivity contribution in [1.82, 2.24) is 0 Å². The van der Waals surface area contributed by atoms with Crippen molar-refractivity contribution < 1.29 is 4.74 Å². The summed E-state index contributed by atoms with van der Waals surface area (Å²) in [6, 6.07) is 16.1. The first-order chi connectivity index (χ1) is 11.1. The molecule has 3 N–H and O–H groups in total. The molecule has 2 aromatic rings. The molecule has 1 atom stereocenters. The van der Waals surface area contributed by atoms with Gasteiger partial charge in [0.05, 0.1) is 13.7 Å². The van der Waals surface area contributed by atoms with Gasteiger partial charge < -0.3 is 15.8 Å². The first-order valence-corrected chi connectivity index (χ1v) is 7.92. The van der Waals surface area contributed by atoms with E-state index in [0.717, 1.165) is 23.4 Å². The summed E-state index contributed by atoms with van der Waals surface area (Å²) in [6.07, 6.45) is 1.14. The molecule has 0 bridgehead atoms. The zero-order valence-corrected chi connectivity index (χ0v) is 16.8. The quantitative estimate of drug-likeness (QED) is 0.388. The van der Waals surface area contributed by atoms with Crippen LogP contribution in [-0.2, 0) is 6.54 Å². The summed E-state index contributed by atoms with van der Waals surface area (Å²) < 4.78 is 5.14. The topological polar surface area (TPSA) is 59.6 Å². The van der Waals surface area contributed by atoms with Crippen LogP contribution in [0.1, 0.15) is 37.3 Å². The highest BCUT2D eigenvalue weighted by Crippen LogP contribution is 2.20. The minimum absolute atomic E-state index is 0. The van der Waals surface area contributed by atoms with Crippen LogP contribution in [-0.4, -0.2) is 13.1 Å². The number of benzene rings is 2. The summed E-state index contributed by atoms with van der Waals surface area (Å²) >= 11 is 0. The van der Waals surface area contributed by atoms with Crippen molar-refractivity contribution in [1.29, 1.82) is 0 Å². The summed E-state index contributed by atoms with van der Waals surface area (Å²) in [4.78, 5) is 4.36. The summed E-state index contributed by atoms with van der Waals surface area (Å²) in [5.74, 6) is 1.83. The third kappa shape index (κ3) is 6.03. The van der Waals surface area contributed by atoms with Crippen LogP contribution in [0.5, 0.6) is 5.75 Å². The molecule has 0 amide bonds. The third-order valence-corrected chi connectivity index (χ3v) is 3.96. The van der Waals surface area contributed by atoms with E-state index in [4.69, 9.17) is 10.5 Å². The molecule has 0 aliphatic rings. The highest BCUT2D eigenvalue weighted by Gasteiger charge is 2.02. The normalized spacial score (nSPS) is 12.2. The second-order valence-electron chi connectivity index (χ2n) is 5.61. The van der Waals surface area contributed by atoms with Gasteiger partial charge >= 0.3 is 0 Å². The molecule has 5 heteroatoms. The number of guanidine groups is 1. The van der Waals surface area contributed by atoms with E-state index < -0.39 is 0 Å². The van der Waals surface area contributed by atoms with Crippen molar-refractivity contribution >= 4 is 35.6 Å². The highest BCUT2D eigenvalue weighted by molar-refractivity contribution is 14.0. The van der Waals surface area contributed by atoms with Gasteiger partial charge in [-0.1, -0.05) is 38.1 Å². The Hall–Kier alpha value is -1.76. The fraction of sp³-hybridized carbons (Fsp3) is 0.316. The van der Waals surface area contributed by atoms with Crippen molar-refractivity contribution in [3.63, 3.8) is 0 Å². The molecule has 130 valence electrons. The maximum absolute atomic E-state index is 5.95. The summed E-state index contributed by atoms with van der Waals surface area (Å²) in [5.41, 5.74) is 9.33. The van der Waals surface area contributed by atoms with E-state index in [2.05, 4.69) is 36.3 Å². The fourth-order valence-electron chi connectivity index (χ4n) is 2.23. The van der Waals surface area contributed by atoms with Gasteiger partial charge in [-0.3, -0.25) is 0 Å². The largest absolute Gasteiger partial charge is 0.497 e. The summed E-state index contributed by atoms with van der Waals surface area (Å²) in [6.45, 7) is 4.96. The molecule has 0 saturated heterocycles. The lowest BCUT2D eigenvalue weighted by molar-refractivity contribution is 0.414. The molecule has 1 unspecified atom stereocenters. The standard InChI is InChI=1S/C19H25N3O.HI/c1-4-14(2)16-7-9-17(10-8-16)22-19(20)21-13-15-5-11-18(23-3)12-6-15;/h5-12,14H,4,13H2,1-3H3,(H3,20,21,22);1H. The molecule has 0 fully saturated rings. The Morgan fingerprint density at radius 3 is 2.29 bits per heavy atom. The van der Waals surface area contributed by atoms with Crippen LogP contribution < -0.4 is 15.8 Å². The minimum Gasteiger partial charge on any atom is -0.497 e. The van der Waals surface area contributed by atoms with E-state index >= 15 is 0 Å². The maximum atomic E-state index is 5.95. The minimum atomic E-state index is 0. The number of nitrogens with two attached hydrogens (primary N) is 1. The number of hydrogen-bond acceptors (Lipinski definition) is 2. The summed E-state index contributed by atoms with van der Waals surface area (Å²) in [7, 11) is 1.65. The molecule has 0 aliphatic carbocycles. The van der Waals surface area contributed by atoms with Gasteiger partial charge in [-0.25, -0.2) is 4.99 Å². The molecule has 0 saturated carbocycles. The van der Waals surface area contributed by atoms with E-state index in [1.807, 2.05) is 36.4 Å². The Morgan fingerprint density at radius 1 is 1.12 bits per heavy atom. The van der Waals surface area contributed by atoms with Crippen LogP contribution in [0.4, 0.5) is 5.69 Å². The molecule has 24 heavy (non-hydrogen) atoms. The first kappa shape index (κ1) is 20.3. The number of nitrogens with one attached hydrogen (secondary N) is 1. The van der Waals surface area contributed by atoms with Crippen molar-refractivity contribution in [2.24, 2.45) is 10.7 Å². The number of hydrogen-bond donors (Lipinski definition) is 2. The van der Waals surface area contributed by atoms with Gasteiger partial charge in [0.15, 0.2) is 5.96 Å². The second-order valence-corrected chi connectivity index (χ2v) is 5.61. The lowest BCUT2D eigenvalue weighted by atomic mass is 9.99. The smallest absolute Gasteiger partial charge is 0.193 e. The Morgan fingerprint density at radius 2 is 1.75 bits per heavy atom. The predicted octanol–water partition coefficient (Wildman–Crippen LogP) is 4.75. The SMILES string of the molecule is CCC(C)c1ccc(NC(N)=NCc2ccc(OC)cc2)cc1.I. The van der Waals surface area contributed by atoms with Crippen LogP contribution >= 0.6 is 24.0 Å². The molecule has 0 radical (unpaired) electrons. The van der Waals surface area contributed by atoms with Crippen LogP contribution in [0.25, 0.3) is 0 Å². The van der Waals surface area contributed by atoms with Gasteiger partial charge in [0.25, 0.3) is 0 Å². The number of rotatable bonds is 6. The second kappa shape index (κ2) is 10.2. The monoisotopic (exact) mass is 439 g/mol. The predicted molar refractivity (Wildman–Crippen MR) is 113 cm³/mol. The number of nitrogens with zero attached hydrogens (tertiary/aromatic N) is 1. The van der Waals surface area contributed by atoms with Gasteiger partial charge in [0.2, 0.25) is 0 Å². The average molecular weight is 439 g/mol. The molecule has 0 aliphatic heterocycles. The maximum Gasteiger partial charge on any atom is 0.193 e. The van der Waals surface area contributed by atoms with E-state index in [-0.39, 0.29) is 24.0 Å². The van der Waals surface area contributed by atoms with E-state index in [1.165, 1.54) is 5.56 Å². The number of aliphatic imine (C=N–C) groups is 1. The number of ether oxygens (including phenoxy) is 1. The molecule has 0 aromatic heterocycles. The van der Waals surface area contributed by atoms with Crippen LogP contribution in [0.2, 0.25) is 0 Å². The average Bonchev–Trinajstić information content (AvgIpc) is 2.60. The van der Waals surface area contributed by atoms with Crippen molar-refractivity contribution in [2.45, 2.75) is 32.7 Å². The number of halogens is 1. The Labute approximate surface area is 161 Å². The van der Waals surface area contributed by atoms with Crippen LogP contribution in [0, 0.1) is 0 Å². The third-order valence-electron chi connectivity index (χ3n) is 3.96. The molecular weight excluding hydrogens is 413 g/mol. The first-order valence-electron chi connectivity index (χ1n) is 7.92. The van der Waals surface area contributed by atoms with Gasteiger partial charge in [0.1, 0.15) is 5.75 Å². The van der Waals surface area contributed by atoms with Crippen molar-refractivity contribution in [3.05, 3.63) is 59.7 Å². The highest BCUT2D eigenvalue weighted by atomic mass is 127. The Bertz CT molecular complexity index is 639. The van der Waals surface area contributed by atoms with Crippen molar-refractivity contribution in [3.8, 4) is 5.75 Å². The molecular formula is C19H26IN3O. The Kier molecular flexibility index (Phi) is 8.60. The summed E-state index contributed by atoms with van der Waals surface area (Å²) in [5, 5.41) is 3.12. The van der Waals surface area contributed by atoms with Gasteiger partial charge in [0, 0.05) is 5.69 Å². The van der Waals surface area contributed by atoms with Crippen molar-refractivity contribution in [2.75, 3.05) is 12.4 Å². The zero-order chi connectivity index (χ0) is 16.7. The molecule has 4 nitrogen and oxygen atoms in total. The fourth-order valence-corrected chi connectivity index (χ4v) is 2.23. The Balaban J connectivity index is 0.00000288. The zero-order valence-electron chi connectivity index (χ0n) is 14.5. The lowest BCUT2D eigenvalue weighted by Gasteiger charge is -2.11. The molecule has 0 spiro atoms.